The maximum Gasteiger partial charge on any atom is 0.305 e. The van der Waals surface area contributed by atoms with Crippen LogP contribution in [0, 0.1) is 15.9 Å². The maximum atomic E-state index is 13.4. The Morgan fingerprint density at radius 2 is 2.00 bits per heavy atom. The molecule has 1 fully saturated rings. The summed E-state index contributed by atoms with van der Waals surface area (Å²) in [6.07, 6.45) is 0. The molecule has 0 radical (unpaired) electrons. The average molecular weight is 349 g/mol. The standard InChI is InChI=1S/C16H16FN3O3S/c17-14-4-3-12(10-15(14)20(22)23)16(21)19-7-5-18(6-8-19)11-13-2-1-9-24-13/h1-4,9-10H,5-8,11H2. The van der Waals surface area contributed by atoms with Crippen LogP contribution < -0.4 is 0 Å². The van der Waals surface area contributed by atoms with Gasteiger partial charge < -0.3 is 4.90 Å². The summed E-state index contributed by atoms with van der Waals surface area (Å²) in [6.45, 7) is 3.45. The molecule has 3 rings (SSSR count). The molecule has 1 aromatic carbocycles. The van der Waals surface area contributed by atoms with Crippen molar-refractivity contribution in [3.05, 3.63) is 62.1 Å². The zero-order valence-corrected chi connectivity index (χ0v) is 13.7. The van der Waals surface area contributed by atoms with Crippen LogP contribution in [-0.2, 0) is 6.54 Å². The SMILES string of the molecule is O=C(c1ccc(F)c([N+](=O)[O-])c1)N1CCN(Cc2cccs2)CC1. The molecule has 1 saturated heterocycles. The minimum atomic E-state index is -0.933. The Morgan fingerprint density at radius 3 is 2.62 bits per heavy atom. The highest BCUT2D eigenvalue weighted by Gasteiger charge is 2.24. The van der Waals surface area contributed by atoms with E-state index in [-0.39, 0.29) is 11.5 Å². The second kappa shape index (κ2) is 7.06. The van der Waals surface area contributed by atoms with Crippen molar-refractivity contribution in [3.63, 3.8) is 0 Å². The Balaban J connectivity index is 1.63. The minimum Gasteiger partial charge on any atom is -0.336 e. The molecule has 2 heterocycles. The Hall–Kier alpha value is -2.32. The van der Waals surface area contributed by atoms with Crippen molar-refractivity contribution in [1.29, 1.82) is 0 Å². The van der Waals surface area contributed by atoms with E-state index in [1.165, 1.54) is 10.9 Å². The van der Waals surface area contributed by atoms with Gasteiger partial charge in [0.15, 0.2) is 0 Å². The third-order valence-electron chi connectivity index (χ3n) is 4.01. The summed E-state index contributed by atoms with van der Waals surface area (Å²) >= 11 is 1.70. The van der Waals surface area contributed by atoms with E-state index in [1.807, 2.05) is 11.4 Å². The van der Waals surface area contributed by atoms with Gasteiger partial charge in [-0.2, -0.15) is 4.39 Å². The highest BCUT2D eigenvalue weighted by Crippen LogP contribution is 2.20. The third kappa shape index (κ3) is 3.60. The molecule has 0 bridgehead atoms. The van der Waals surface area contributed by atoms with E-state index in [9.17, 15) is 19.3 Å². The number of nitro groups is 1. The van der Waals surface area contributed by atoms with Gasteiger partial charge in [0.2, 0.25) is 5.82 Å². The summed E-state index contributed by atoms with van der Waals surface area (Å²) in [5, 5.41) is 12.8. The Labute approximate surface area is 142 Å². The number of rotatable bonds is 4. The number of hydrogen-bond acceptors (Lipinski definition) is 5. The number of carbonyl (C=O) groups excluding carboxylic acids is 1. The van der Waals surface area contributed by atoms with Crippen LogP contribution in [0.25, 0.3) is 0 Å². The van der Waals surface area contributed by atoms with Crippen molar-refractivity contribution in [1.82, 2.24) is 9.80 Å². The van der Waals surface area contributed by atoms with Crippen LogP contribution >= 0.6 is 11.3 Å². The molecule has 6 nitrogen and oxygen atoms in total. The van der Waals surface area contributed by atoms with Gasteiger partial charge in [-0.05, 0) is 23.6 Å². The monoisotopic (exact) mass is 349 g/mol. The molecular formula is C16H16FN3O3S. The Morgan fingerprint density at radius 1 is 1.25 bits per heavy atom. The van der Waals surface area contributed by atoms with Crippen molar-refractivity contribution in [3.8, 4) is 0 Å². The molecule has 1 aliphatic heterocycles. The first kappa shape index (κ1) is 16.5. The fourth-order valence-electron chi connectivity index (χ4n) is 2.70. The molecule has 1 aromatic heterocycles. The summed E-state index contributed by atoms with van der Waals surface area (Å²) in [5.74, 6) is -1.23. The first-order valence-corrected chi connectivity index (χ1v) is 8.40. The predicted octanol–water partition coefficient (Wildman–Crippen LogP) is 2.75. The lowest BCUT2D eigenvalue weighted by molar-refractivity contribution is -0.387. The van der Waals surface area contributed by atoms with Crippen LogP contribution in [0.1, 0.15) is 15.2 Å². The molecular weight excluding hydrogens is 333 g/mol. The molecule has 0 N–H and O–H groups in total. The molecule has 0 saturated carbocycles. The van der Waals surface area contributed by atoms with Crippen LogP contribution in [0.4, 0.5) is 10.1 Å². The largest absolute Gasteiger partial charge is 0.336 e. The number of thiophene rings is 1. The minimum absolute atomic E-state index is 0.148. The van der Waals surface area contributed by atoms with Crippen LogP contribution in [0.15, 0.2) is 35.7 Å². The molecule has 1 aliphatic rings. The van der Waals surface area contributed by atoms with Crippen LogP contribution in [0.3, 0.4) is 0 Å². The number of nitrogens with zero attached hydrogens (tertiary/aromatic N) is 3. The fraction of sp³-hybridized carbons (Fsp3) is 0.312. The van der Waals surface area contributed by atoms with E-state index in [0.29, 0.717) is 13.1 Å². The fourth-order valence-corrected chi connectivity index (χ4v) is 3.45. The lowest BCUT2D eigenvalue weighted by Crippen LogP contribution is -2.48. The number of benzene rings is 1. The van der Waals surface area contributed by atoms with Gasteiger partial charge in [-0.15, -0.1) is 11.3 Å². The van der Waals surface area contributed by atoms with E-state index >= 15 is 0 Å². The van der Waals surface area contributed by atoms with Crippen molar-refractivity contribution >= 4 is 22.9 Å². The molecule has 1 amide bonds. The summed E-state index contributed by atoms with van der Waals surface area (Å²) in [5.41, 5.74) is -0.521. The number of piperazine rings is 1. The number of carbonyl (C=O) groups is 1. The molecule has 126 valence electrons. The first-order chi connectivity index (χ1) is 11.5. The summed E-state index contributed by atoms with van der Waals surface area (Å²) in [7, 11) is 0. The Bertz CT molecular complexity index is 743. The first-order valence-electron chi connectivity index (χ1n) is 7.52. The molecule has 0 unspecified atom stereocenters. The molecule has 0 spiro atoms. The van der Waals surface area contributed by atoms with Gasteiger partial charge in [-0.25, -0.2) is 0 Å². The van der Waals surface area contributed by atoms with E-state index in [0.717, 1.165) is 31.8 Å². The quantitative estimate of drug-likeness (QED) is 0.629. The van der Waals surface area contributed by atoms with Crippen LogP contribution in [0.5, 0.6) is 0 Å². The highest BCUT2D eigenvalue weighted by molar-refractivity contribution is 7.09. The van der Waals surface area contributed by atoms with Crippen LogP contribution in [0.2, 0.25) is 0 Å². The number of halogens is 1. The van der Waals surface area contributed by atoms with E-state index in [4.69, 9.17) is 0 Å². The molecule has 0 atom stereocenters. The molecule has 0 aliphatic carbocycles. The lowest BCUT2D eigenvalue weighted by atomic mass is 10.1. The zero-order chi connectivity index (χ0) is 17.1. The lowest BCUT2D eigenvalue weighted by Gasteiger charge is -2.34. The predicted molar refractivity (Wildman–Crippen MR) is 88.6 cm³/mol. The number of nitro benzene ring substituents is 1. The van der Waals surface area contributed by atoms with Crippen molar-refractivity contribution < 1.29 is 14.1 Å². The smallest absolute Gasteiger partial charge is 0.305 e. The normalized spacial score (nSPS) is 15.5. The van der Waals surface area contributed by atoms with Gasteiger partial charge >= 0.3 is 5.69 Å². The average Bonchev–Trinajstić information content (AvgIpc) is 3.08. The zero-order valence-electron chi connectivity index (χ0n) is 12.9. The molecule has 2 aromatic rings. The van der Waals surface area contributed by atoms with Crippen molar-refractivity contribution in [2.75, 3.05) is 26.2 Å². The highest BCUT2D eigenvalue weighted by atomic mass is 32.1. The van der Waals surface area contributed by atoms with Gasteiger partial charge in [0, 0.05) is 49.2 Å². The van der Waals surface area contributed by atoms with Gasteiger partial charge in [-0.3, -0.25) is 19.8 Å². The van der Waals surface area contributed by atoms with Gasteiger partial charge in [-0.1, -0.05) is 6.07 Å². The molecule has 8 heteroatoms. The molecule has 24 heavy (non-hydrogen) atoms. The van der Waals surface area contributed by atoms with E-state index < -0.39 is 16.4 Å². The Kier molecular flexibility index (Phi) is 4.86. The van der Waals surface area contributed by atoms with E-state index in [2.05, 4.69) is 11.0 Å². The number of amides is 1. The van der Waals surface area contributed by atoms with Gasteiger partial charge in [0.25, 0.3) is 5.91 Å². The topological polar surface area (TPSA) is 66.7 Å². The van der Waals surface area contributed by atoms with Crippen molar-refractivity contribution in [2.24, 2.45) is 0 Å². The maximum absolute atomic E-state index is 13.4. The van der Waals surface area contributed by atoms with Crippen LogP contribution in [-0.4, -0.2) is 46.8 Å². The number of hydrogen-bond donors (Lipinski definition) is 0. The second-order valence-corrected chi connectivity index (χ2v) is 6.60. The summed E-state index contributed by atoms with van der Waals surface area (Å²) in [4.78, 5) is 27.7. The van der Waals surface area contributed by atoms with Crippen molar-refractivity contribution in [2.45, 2.75) is 6.54 Å². The van der Waals surface area contributed by atoms with Gasteiger partial charge in [0.1, 0.15) is 0 Å². The second-order valence-electron chi connectivity index (χ2n) is 5.57. The van der Waals surface area contributed by atoms with Gasteiger partial charge in [0.05, 0.1) is 4.92 Å². The van der Waals surface area contributed by atoms with E-state index in [1.54, 1.807) is 16.2 Å². The third-order valence-corrected chi connectivity index (χ3v) is 4.87. The summed E-state index contributed by atoms with van der Waals surface area (Å²) < 4.78 is 13.4. The summed E-state index contributed by atoms with van der Waals surface area (Å²) in [6, 6.07) is 7.37.